The number of rotatable bonds is 6. The Morgan fingerprint density at radius 1 is 1.33 bits per heavy atom. The summed E-state index contributed by atoms with van der Waals surface area (Å²) in [4.78, 5) is 21.8. The molecule has 1 unspecified atom stereocenters. The molecule has 0 rings (SSSR count). The van der Waals surface area contributed by atoms with Gasteiger partial charge in [0.2, 0.25) is 10.0 Å². The molecule has 0 heterocycles. The third kappa shape index (κ3) is 5.01. The van der Waals surface area contributed by atoms with Crippen LogP contribution >= 0.6 is 0 Å². The van der Waals surface area contributed by atoms with Crippen molar-refractivity contribution >= 4 is 22.0 Å². The highest BCUT2D eigenvalue weighted by Gasteiger charge is 2.33. The van der Waals surface area contributed by atoms with Gasteiger partial charge in [-0.2, -0.15) is 0 Å². The van der Waals surface area contributed by atoms with Crippen LogP contribution in [0.1, 0.15) is 33.6 Å². The largest absolute Gasteiger partial charge is 0.480 e. The molecular weight excluding hydrogens is 262 g/mol. The number of esters is 1. The average molecular weight is 281 g/mol. The van der Waals surface area contributed by atoms with E-state index in [4.69, 9.17) is 5.11 Å². The lowest BCUT2D eigenvalue weighted by Gasteiger charge is -2.23. The van der Waals surface area contributed by atoms with E-state index in [-0.39, 0.29) is 12.8 Å². The fourth-order valence-corrected chi connectivity index (χ4v) is 1.91. The molecule has 8 heteroatoms. The Balaban J connectivity index is 4.76. The van der Waals surface area contributed by atoms with Crippen molar-refractivity contribution in [3.05, 3.63) is 0 Å². The predicted octanol–water partition coefficient (Wildman–Crippen LogP) is 0.111. The van der Waals surface area contributed by atoms with Crippen LogP contribution in [0.5, 0.6) is 0 Å². The summed E-state index contributed by atoms with van der Waals surface area (Å²) < 4.78 is 28.9. The van der Waals surface area contributed by atoms with Crippen LogP contribution in [0.4, 0.5) is 0 Å². The lowest BCUT2D eigenvalue weighted by atomic mass is 10.2. The topological polar surface area (TPSA) is 110 Å². The Labute approximate surface area is 107 Å². The van der Waals surface area contributed by atoms with E-state index in [9.17, 15) is 18.0 Å². The fourth-order valence-electron chi connectivity index (χ4n) is 0.961. The summed E-state index contributed by atoms with van der Waals surface area (Å²) in [5.41, 5.74) is 0. The van der Waals surface area contributed by atoms with E-state index in [1.54, 1.807) is 0 Å². The van der Waals surface area contributed by atoms with Crippen molar-refractivity contribution in [1.29, 1.82) is 0 Å². The van der Waals surface area contributed by atoms with Gasteiger partial charge in [0.25, 0.3) is 0 Å². The molecule has 7 nitrogen and oxygen atoms in total. The summed E-state index contributed by atoms with van der Waals surface area (Å²) in [7, 11) is -2.60. The number of carbonyl (C=O) groups excluding carboxylic acids is 1. The van der Waals surface area contributed by atoms with Crippen LogP contribution in [0.2, 0.25) is 0 Å². The molecule has 0 aromatic heterocycles. The van der Waals surface area contributed by atoms with Crippen LogP contribution < -0.4 is 4.72 Å². The van der Waals surface area contributed by atoms with Gasteiger partial charge in [-0.3, -0.25) is 9.59 Å². The van der Waals surface area contributed by atoms with E-state index in [0.717, 1.165) is 0 Å². The first-order valence-corrected chi connectivity index (χ1v) is 6.81. The van der Waals surface area contributed by atoms with Crippen molar-refractivity contribution < 1.29 is 27.9 Å². The minimum absolute atomic E-state index is 0.155. The first-order valence-electron chi connectivity index (χ1n) is 5.32. The Morgan fingerprint density at radius 3 is 2.17 bits per heavy atom. The minimum Gasteiger partial charge on any atom is -0.480 e. The van der Waals surface area contributed by atoms with E-state index < -0.39 is 32.8 Å². The molecule has 0 fully saturated rings. The number of sulfonamides is 1. The second-order valence-corrected chi connectivity index (χ2v) is 7.21. The molecule has 0 spiro atoms. The molecule has 18 heavy (non-hydrogen) atoms. The Hall–Kier alpha value is -1.15. The summed E-state index contributed by atoms with van der Waals surface area (Å²) in [6.45, 7) is 4.36. The van der Waals surface area contributed by atoms with E-state index in [1.807, 2.05) is 0 Å². The number of nitrogens with one attached hydrogen (secondary N) is 1. The number of aliphatic carboxylic acids is 1. The summed E-state index contributed by atoms with van der Waals surface area (Å²) in [5, 5.41) is 8.91. The van der Waals surface area contributed by atoms with Gasteiger partial charge in [-0.05, 0) is 27.2 Å². The number of carboxylic acid groups (broad SMARTS) is 1. The van der Waals surface area contributed by atoms with Crippen molar-refractivity contribution in [2.24, 2.45) is 0 Å². The molecule has 0 aliphatic heterocycles. The Kier molecular flexibility index (Phi) is 5.75. The zero-order valence-corrected chi connectivity index (χ0v) is 11.7. The van der Waals surface area contributed by atoms with Crippen molar-refractivity contribution in [3.8, 4) is 0 Å². The maximum Gasteiger partial charge on any atom is 0.321 e. The van der Waals surface area contributed by atoms with Gasteiger partial charge in [0.05, 0.1) is 11.9 Å². The molecule has 0 saturated carbocycles. The van der Waals surface area contributed by atoms with Gasteiger partial charge in [-0.15, -0.1) is 0 Å². The third-order valence-corrected chi connectivity index (χ3v) is 4.47. The normalized spacial score (nSPS) is 14.0. The molecule has 0 aromatic rings. The zero-order valence-electron chi connectivity index (χ0n) is 10.9. The lowest BCUT2D eigenvalue weighted by Crippen LogP contribution is -2.48. The highest BCUT2D eigenvalue weighted by molar-refractivity contribution is 7.90. The van der Waals surface area contributed by atoms with E-state index >= 15 is 0 Å². The molecule has 0 aliphatic rings. The van der Waals surface area contributed by atoms with Gasteiger partial charge in [0.15, 0.2) is 0 Å². The van der Waals surface area contributed by atoms with Crippen molar-refractivity contribution in [3.63, 3.8) is 0 Å². The Bertz CT molecular complexity index is 409. The van der Waals surface area contributed by atoms with Gasteiger partial charge in [-0.25, -0.2) is 13.1 Å². The summed E-state index contributed by atoms with van der Waals surface area (Å²) >= 11 is 0. The van der Waals surface area contributed by atoms with Crippen LogP contribution in [0.15, 0.2) is 0 Å². The summed E-state index contributed by atoms with van der Waals surface area (Å²) in [6, 6.07) is -1.34. The molecule has 0 saturated heterocycles. The number of ether oxygens (including phenoxy) is 1. The molecule has 0 amide bonds. The number of methoxy groups -OCH3 is 1. The number of hydrogen-bond donors (Lipinski definition) is 2. The highest BCUT2D eigenvalue weighted by atomic mass is 32.2. The van der Waals surface area contributed by atoms with Gasteiger partial charge in [-0.1, -0.05) is 0 Å². The van der Waals surface area contributed by atoms with Crippen LogP contribution in [-0.4, -0.2) is 43.4 Å². The number of hydrogen-bond acceptors (Lipinski definition) is 5. The van der Waals surface area contributed by atoms with Crippen LogP contribution in [0.3, 0.4) is 0 Å². The molecule has 0 aliphatic carbocycles. The first-order chi connectivity index (χ1) is 8.01. The molecule has 106 valence electrons. The zero-order chi connectivity index (χ0) is 14.6. The SMILES string of the molecule is COC(=O)CCC(NS(=O)(=O)C(C)(C)C)C(=O)O. The molecule has 1 atom stereocenters. The molecular formula is C10H19NO6S. The minimum atomic E-state index is -3.78. The maximum absolute atomic E-state index is 11.8. The third-order valence-electron chi connectivity index (χ3n) is 2.27. The van der Waals surface area contributed by atoms with Gasteiger partial charge < -0.3 is 9.84 Å². The lowest BCUT2D eigenvalue weighted by molar-refractivity contribution is -0.142. The quantitative estimate of drug-likeness (QED) is 0.669. The monoisotopic (exact) mass is 281 g/mol. The average Bonchev–Trinajstić information content (AvgIpc) is 2.21. The summed E-state index contributed by atoms with van der Waals surface area (Å²) in [6.07, 6.45) is -0.322. The summed E-state index contributed by atoms with van der Waals surface area (Å²) in [5.74, 6) is -1.91. The van der Waals surface area contributed by atoms with E-state index in [0.29, 0.717) is 0 Å². The molecule has 2 N–H and O–H groups in total. The highest BCUT2D eigenvalue weighted by Crippen LogP contribution is 2.15. The smallest absolute Gasteiger partial charge is 0.321 e. The van der Waals surface area contributed by atoms with E-state index in [1.165, 1.54) is 27.9 Å². The van der Waals surface area contributed by atoms with E-state index in [2.05, 4.69) is 9.46 Å². The molecule has 0 aromatic carbocycles. The van der Waals surface area contributed by atoms with Crippen molar-refractivity contribution in [2.45, 2.75) is 44.4 Å². The van der Waals surface area contributed by atoms with Crippen LogP contribution in [0, 0.1) is 0 Å². The Morgan fingerprint density at radius 2 is 1.83 bits per heavy atom. The van der Waals surface area contributed by atoms with Crippen LogP contribution in [0.25, 0.3) is 0 Å². The van der Waals surface area contributed by atoms with Gasteiger partial charge >= 0.3 is 11.9 Å². The second-order valence-electron chi connectivity index (χ2n) is 4.74. The molecule has 0 radical (unpaired) electrons. The second kappa shape index (κ2) is 6.14. The fraction of sp³-hybridized carbons (Fsp3) is 0.800. The number of carbonyl (C=O) groups is 2. The van der Waals surface area contributed by atoms with Crippen molar-refractivity contribution in [1.82, 2.24) is 4.72 Å². The predicted molar refractivity (Wildman–Crippen MR) is 64.5 cm³/mol. The maximum atomic E-state index is 11.8. The number of carboxylic acids is 1. The van der Waals surface area contributed by atoms with Gasteiger partial charge in [0, 0.05) is 6.42 Å². The van der Waals surface area contributed by atoms with Crippen LogP contribution in [-0.2, 0) is 24.3 Å². The molecule has 0 bridgehead atoms. The van der Waals surface area contributed by atoms with Crippen molar-refractivity contribution in [2.75, 3.05) is 7.11 Å². The van der Waals surface area contributed by atoms with Gasteiger partial charge in [0.1, 0.15) is 6.04 Å². The first kappa shape index (κ1) is 16.9. The standard InChI is InChI=1S/C10H19NO6S/c1-10(2,3)18(15,16)11-7(9(13)14)5-6-8(12)17-4/h7,11H,5-6H2,1-4H3,(H,13,14).